The monoisotopic (exact) mass is 420 g/mol. The van der Waals surface area contributed by atoms with Crippen LogP contribution in [0.3, 0.4) is 0 Å². The number of benzene rings is 2. The highest BCUT2D eigenvalue weighted by Gasteiger charge is 2.32. The predicted molar refractivity (Wildman–Crippen MR) is 111 cm³/mol. The van der Waals surface area contributed by atoms with E-state index in [1.165, 1.54) is 28.6 Å². The Morgan fingerprint density at radius 2 is 1.75 bits per heavy atom. The van der Waals surface area contributed by atoms with Crippen LogP contribution in [0.15, 0.2) is 58.3 Å². The highest BCUT2D eigenvalue weighted by Crippen LogP contribution is 2.22. The Morgan fingerprint density at radius 1 is 1.11 bits per heavy atom. The van der Waals surface area contributed by atoms with Gasteiger partial charge in [-0.15, -0.1) is 11.8 Å². The Morgan fingerprint density at radius 3 is 2.36 bits per heavy atom. The second-order valence-corrected chi connectivity index (χ2v) is 9.61. The van der Waals surface area contributed by atoms with Gasteiger partial charge in [-0.3, -0.25) is 4.79 Å². The zero-order valence-corrected chi connectivity index (χ0v) is 17.7. The summed E-state index contributed by atoms with van der Waals surface area (Å²) in [6.07, 6.45) is 1.66. The van der Waals surface area contributed by atoms with Crippen molar-refractivity contribution in [3.63, 3.8) is 0 Å². The van der Waals surface area contributed by atoms with Crippen LogP contribution in [0.4, 0.5) is 5.69 Å². The highest BCUT2D eigenvalue weighted by atomic mass is 32.2. The molecule has 2 atom stereocenters. The van der Waals surface area contributed by atoms with Crippen molar-refractivity contribution in [1.29, 1.82) is 0 Å². The normalized spacial score (nSPS) is 20.7. The molecule has 0 radical (unpaired) electrons. The third-order valence-corrected chi connectivity index (χ3v) is 7.04. The van der Waals surface area contributed by atoms with Gasteiger partial charge in [-0.05, 0) is 62.6 Å². The summed E-state index contributed by atoms with van der Waals surface area (Å²) in [6, 6.07) is 13.6. The first kappa shape index (κ1) is 20.9. The first-order chi connectivity index (χ1) is 13.3. The van der Waals surface area contributed by atoms with Crippen molar-refractivity contribution in [2.45, 2.75) is 35.8 Å². The summed E-state index contributed by atoms with van der Waals surface area (Å²) in [5, 5.41) is 2.84. The zero-order valence-electron chi connectivity index (χ0n) is 16.1. The topological polar surface area (TPSA) is 75.7 Å². The van der Waals surface area contributed by atoms with Crippen molar-refractivity contribution in [1.82, 2.24) is 4.31 Å². The summed E-state index contributed by atoms with van der Waals surface area (Å²) in [4.78, 5) is 13.7. The summed E-state index contributed by atoms with van der Waals surface area (Å²) in [7, 11) is -3.62. The maximum absolute atomic E-state index is 12.9. The first-order valence-electron chi connectivity index (χ1n) is 9.00. The number of thioether (sulfide) groups is 1. The second kappa shape index (κ2) is 8.65. The van der Waals surface area contributed by atoms with E-state index in [1.807, 2.05) is 44.4 Å². The summed E-state index contributed by atoms with van der Waals surface area (Å²) < 4.78 is 32.8. The van der Waals surface area contributed by atoms with Gasteiger partial charge >= 0.3 is 0 Å². The summed E-state index contributed by atoms with van der Waals surface area (Å²) in [6.45, 7) is 4.36. The molecule has 0 aromatic heterocycles. The average Bonchev–Trinajstić information content (AvgIpc) is 2.67. The molecule has 0 bridgehead atoms. The number of amides is 1. The van der Waals surface area contributed by atoms with Crippen molar-refractivity contribution in [3.8, 4) is 0 Å². The molecule has 2 aromatic rings. The molecule has 8 heteroatoms. The van der Waals surface area contributed by atoms with E-state index in [0.717, 1.165) is 4.90 Å². The van der Waals surface area contributed by atoms with Crippen LogP contribution in [0.1, 0.15) is 24.2 Å². The van der Waals surface area contributed by atoms with Crippen LogP contribution in [0.2, 0.25) is 0 Å². The number of carbonyl (C=O) groups excluding carboxylic acids is 1. The summed E-state index contributed by atoms with van der Waals surface area (Å²) >= 11 is 1.59. The minimum absolute atomic E-state index is 0.152. The largest absolute Gasteiger partial charge is 0.373 e. The van der Waals surface area contributed by atoms with Crippen molar-refractivity contribution < 1.29 is 17.9 Å². The molecule has 1 N–H and O–H groups in total. The van der Waals surface area contributed by atoms with Gasteiger partial charge in [0.15, 0.2) is 0 Å². The Kier molecular flexibility index (Phi) is 6.44. The fourth-order valence-electron chi connectivity index (χ4n) is 3.16. The maximum Gasteiger partial charge on any atom is 0.255 e. The lowest BCUT2D eigenvalue weighted by Crippen LogP contribution is -2.48. The molecule has 1 saturated heterocycles. The number of rotatable bonds is 5. The van der Waals surface area contributed by atoms with E-state index < -0.39 is 10.0 Å². The maximum atomic E-state index is 12.9. The predicted octanol–water partition coefficient (Wildman–Crippen LogP) is 3.46. The molecule has 150 valence electrons. The number of hydrogen-bond acceptors (Lipinski definition) is 5. The third kappa shape index (κ3) is 4.75. The van der Waals surface area contributed by atoms with E-state index in [1.54, 1.807) is 11.8 Å². The van der Waals surface area contributed by atoms with E-state index in [2.05, 4.69) is 5.32 Å². The highest BCUT2D eigenvalue weighted by molar-refractivity contribution is 7.98. The van der Waals surface area contributed by atoms with E-state index >= 15 is 0 Å². The van der Waals surface area contributed by atoms with Crippen molar-refractivity contribution >= 4 is 33.4 Å². The molecule has 28 heavy (non-hydrogen) atoms. The van der Waals surface area contributed by atoms with E-state index in [-0.39, 0.29) is 23.0 Å². The standard InChI is InChI=1S/C20H24N2O4S2/c1-14-12-22(13-15(2)26-14)28(24,25)19-9-7-16(8-10-19)20(23)21-17-5-4-6-18(11-17)27-3/h4-11,14-15H,12-13H2,1-3H3,(H,21,23)/t14-,15-/m0/s1. The lowest BCUT2D eigenvalue weighted by molar-refractivity contribution is -0.0440. The molecule has 0 spiro atoms. The fraction of sp³-hybridized carbons (Fsp3) is 0.350. The Hall–Kier alpha value is -1.87. The Balaban J connectivity index is 1.74. The number of sulfonamides is 1. The fourth-order valence-corrected chi connectivity index (χ4v) is 5.21. The molecular formula is C20H24N2O4S2. The van der Waals surface area contributed by atoms with E-state index in [4.69, 9.17) is 4.74 Å². The molecule has 2 aromatic carbocycles. The molecule has 1 heterocycles. The van der Waals surface area contributed by atoms with Crippen LogP contribution in [0.25, 0.3) is 0 Å². The zero-order chi connectivity index (χ0) is 20.3. The van der Waals surface area contributed by atoms with Gasteiger partial charge in [-0.2, -0.15) is 4.31 Å². The third-order valence-electron chi connectivity index (χ3n) is 4.47. The number of nitrogens with one attached hydrogen (secondary N) is 1. The van der Waals surface area contributed by atoms with Gasteiger partial charge in [0, 0.05) is 29.2 Å². The van der Waals surface area contributed by atoms with Crippen LogP contribution in [0, 0.1) is 0 Å². The smallest absolute Gasteiger partial charge is 0.255 e. The Labute approximate surface area is 170 Å². The van der Waals surface area contributed by atoms with Gasteiger partial charge in [0.25, 0.3) is 5.91 Å². The van der Waals surface area contributed by atoms with Crippen LogP contribution >= 0.6 is 11.8 Å². The molecule has 1 aliphatic rings. The van der Waals surface area contributed by atoms with Crippen LogP contribution in [-0.4, -0.2) is 50.2 Å². The van der Waals surface area contributed by atoms with Crippen molar-refractivity contribution in [2.75, 3.05) is 24.7 Å². The molecule has 1 aliphatic heterocycles. The lowest BCUT2D eigenvalue weighted by atomic mass is 10.2. The number of hydrogen-bond donors (Lipinski definition) is 1. The summed E-state index contributed by atoms with van der Waals surface area (Å²) in [5.41, 5.74) is 1.10. The average molecular weight is 421 g/mol. The number of anilines is 1. The summed E-state index contributed by atoms with van der Waals surface area (Å²) in [5.74, 6) is -0.282. The van der Waals surface area contributed by atoms with E-state index in [0.29, 0.717) is 24.3 Å². The quantitative estimate of drug-likeness (QED) is 0.750. The molecule has 3 rings (SSSR count). The molecule has 6 nitrogen and oxygen atoms in total. The van der Waals surface area contributed by atoms with Gasteiger partial charge in [-0.25, -0.2) is 8.42 Å². The van der Waals surface area contributed by atoms with Gasteiger partial charge in [0.05, 0.1) is 17.1 Å². The second-order valence-electron chi connectivity index (χ2n) is 6.79. The number of carbonyl (C=O) groups is 1. The van der Waals surface area contributed by atoms with Crippen LogP contribution < -0.4 is 5.32 Å². The van der Waals surface area contributed by atoms with Gasteiger partial charge in [-0.1, -0.05) is 6.07 Å². The van der Waals surface area contributed by atoms with Crippen LogP contribution in [-0.2, 0) is 14.8 Å². The number of nitrogens with zero attached hydrogens (tertiary/aromatic N) is 1. The van der Waals surface area contributed by atoms with Gasteiger partial charge in [0.1, 0.15) is 0 Å². The number of ether oxygens (including phenoxy) is 1. The molecule has 1 amide bonds. The van der Waals surface area contributed by atoms with Gasteiger partial charge < -0.3 is 10.1 Å². The van der Waals surface area contributed by atoms with Crippen molar-refractivity contribution in [3.05, 3.63) is 54.1 Å². The number of morpholine rings is 1. The van der Waals surface area contributed by atoms with Crippen LogP contribution in [0.5, 0.6) is 0 Å². The molecule has 0 aliphatic carbocycles. The van der Waals surface area contributed by atoms with E-state index in [9.17, 15) is 13.2 Å². The lowest BCUT2D eigenvalue weighted by Gasteiger charge is -2.34. The minimum Gasteiger partial charge on any atom is -0.373 e. The molecule has 0 saturated carbocycles. The molecule has 1 fully saturated rings. The van der Waals surface area contributed by atoms with Gasteiger partial charge in [0.2, 0.25) is 10.0 Å². The molecular weight excluding hydrogens is 396 g/mol. The Bertz CT molecular complexity index is 935. The SMILES string of the molecule is CSc1cccc(NC(=O)c2ccc(S(=O)(=O)N3C[C@H](C)O[C@@H](C)C3)cc2)c1. The molecule has 0 unspecified atom stereocenters. The minimum atomic E-state index is -3.62. The van der Waals surface area contributed by atoms with Crippen molar-refractivity contribution in [2.24, 2.45) is 0 Å². The first-order valence-corrected chi connectivity index (χ1v) is 11.7.